The zero-order valence-corrected chi connectivity index (χ0v) is 11.8. The molecule has 5 heteroatoms. The molecule has 2 aliphatic rings. The highest BCUT2D eigenvalue weighted by Crippen LogP contribution is 2.32. The molecule has 3 amide bonds. The van der Waals surface area contributed by atoms with Gasteiger partial charge in [-0.25, -0.2) is 4.79 Å². The van der Waals surface area contributed by atoms with Gasteiger partial charge in [0.15, 0.2) is 0 Å². The molecule has 2 N–H and O–H groups in total. The van der Waals surface area contributed by atoms with Gasteiger partial charge < -0.3 is 10.6 Å². The molecule has 1 aromatic rings. The van der Waals surface area contributed by atoms with Crippen LogP contribution < -0.4 is 10.6 Å². The van der Waals surface area contributed by atoms with Crippen molar-refractivity contribution < 1.29 is 9.59 Å². The molecule has 3 rings (SSSR count). The van der Waals surface area contributed by atoms with Crippen molar-refractivity contribution in [2.75, 3.05) is 13.6 Å². The third-order valence-electron chi connectivity index (χ3n) is 3.82. The lowest BCUT2D eigenvalue weighted by Crippen LogP contribution is -2.45. The summed E-state index contributed by atoms with van der Waals surface area (Å²) < 4.78 is 0. The zero-order chi connectivity index (χ0) is 14.4. The van der Waals surface area contributed by atoms with Gasteiger partial charge >= 0.3 is 6.03 Å². The van der Waals surface area contributed by atoms with Crippen LogP contribution >= 0.6 is 0 Å². The van der Waals surface area contributed by atoms with Crippen molar-refractivity contribution >= 4 is 11.9 Å². The Bertz CT molecular complexity index is 628. The van der Waals surface area contributed by atoms with Crippen LogP contribution in [0.3, 0.4) is 0 Å². The van der Waals surface area contributed by atoms with E-state index in [1.807, 2.05) is 26.0 Å². The summed E-state index contributed by atoms with van der Waals surface area (Å²) in [6.07, 6.45) is 0. The lowest BCUT2D eigenvalue weighted by atomic mass is 9.93. The Labute approximate surface area is 117 Å². The minimum atomic E-state index is -0.366. The number of urea groups is 1. The molecule has 0 aromatic heterocycles. The van der Waals surface area contributed by atoms with Crippen LogP contribution in [-0.4, -0.2) is 30.4 Å². The van der Waals surface area contributed by atoms with Gasteiger partial charge in [0.2, 0.25) is 0 Å². The lowest BCUT2D eigenvalue weighted by molar-refractivity contribution is -0.116. The first-order chi connectivity index (χ1) is 9.47. The largest absolute Gasteiger partial charge is 0.347 e. The van der Waals surface area contributed by atoms with Gasteiger partial charge in [-0.3, -0.25) is 9.69 Å². The first-order valence-electron chi connectivity index (χ1n) is 6.61. The quantitative estimate of drug-likeness (QED) is 0.810. The third kappa shape index (κ3) is 1.86. The van der Waals surface area contributed by atoms with Crippen LogP contribution in [-0.2, 0) is 4.79 Å². The van der Waals surface area contributed by atoms with Gasteiger partial charge in [-0.2, -0.15) is 0 Å². The second-order valence-electron chi connectivity index (χ2n) is 5.41. The molecule has 2 aliphatic heterocycles. The molecule has 1 atom stereocenters. The summed E-state index contributed by atoms with van der Waals surface area (Å²) in [4.78, 5) is 25.6. The molecular weight excluding hydrogens is 254 g/mol. The van der Waals surface area contributed by atoms with Crippen LogP contribution in [0.1, 0.15) is 22.7 Å². The summed E-state index contributed by atoms with van der Waals surface area (Å²) in [5.41, 5.74) is 4.61. The number of carbonyl (C=O) groups is 2. The number of nitrogens with zero attached hydrogens (tertiary/aromatic N) is 1. The molecule has 1 unspecified atom stereocenters. The van der Waals surface area contributed by atoms with Gasteiger partial charge in [-0.1, -0.05) is 29.3 Å². The summed E-state index contributed by atoms with van der Waals surface area (Å²) in [7, 11) is 1.68. The molecule has 5 nitrogen and oxygen atoms in total. The first kappa shape index (κ1) is 12.7. The minimum absolute atomic E-state index is 0.101. The number of rotatable bonds is 1. The van der Waals surface area contributed by atoms with E-state index >= 15 is 0 Å². The number of likely N-dealkylation sites (N-methyl/N-ethyl adjacent to an activating group) is 1. The number of aryl methyl sites for hydroxylation is 2. The number of benzene rings is 1. The summed E-state index contributed by atoms with van der Waals surface area (Å²) >= 11 is 0. The first-order valence-corrected chi connectivity index (χ1v) is 6.61. The van der Waals surface area contributed by atoms with E-state index in [1.165, 1.54) is 4.90 Å². The van der Waals surface area contributed by atoms with Crippen molar-refractivity contribution in [3.05, 3.63) is 46.2 Å². The Morgan fingerprint density at radius 3 is 2.45 bits per heavy atom. The van der Waals surface area contributed by atoms with Gasteiger partial charge in [0.1, 0.15) is 0 Å². The smallest absolute Gasteiger partial charge is 0.322 e. The highest BCUT2D eigenvalue weighted by molar-refractivity contribution is 6.01. The van der Waals surface area contributed by atoms with Crippen LogP contribution in [0.15, 0.2) is 29.5 Å². The maximum atomic E-state index is 12.1. The second-order valence-corrected chi connectivity index (χ2v) is 5.41. The van der Waals surface area contributed by atoms with Gasteiger partial charge in [-0.05, 0) is 19.4 Å². The fourth-order valence-electron chi connectivity index (χ4n) is 2.92. The third-order valence-corrected chi connectivity index (χ3v) is 3.82. The van der Waals surface area contributed by atoms with E-state index in [1.54, 1.807) is 7.05 Å². The number of hydrogen-bond acceptors (Lipinski definition) is 2. The van der Waals surface area contributed by atoms with E-state index in [9.17, 15) is 9.59 Å². The van der Waals surface area contributed by atoms with Gasteiger partial charge in [0.05, 0.1) is 23.9 Å². The maximum absolute atomic E-state index is 12.1. The van der Waals surface area contributed by atoms with E-state index in [-0.39, 0.29) is 18.0 Å². The molecule has 0 saturated heterocycles. The van der Waals surface area contributed by atoms with Crippen LogP contribution in [0.5, 0.6) is 0 Å². The number of carbonyl (C=O) groups excluding carboxylic acids is 2. The van der Waals surface area contributed by atoms with Crippen LogP contribution in [0.4, 0.5) is 4.79 Å². The van der Waals surface area contributed by atoms with E-state index in [0.717, 1.165) is 22.4 Å². The lowest BCUT2D eigenvalue weighted by Gasteiger charge is -2.31. The van der Waals surface area contributed by atoms with Crippen molar-refractivity contribution in [3.63, 3.8) is 0 Å². The summed E-state index contributed by atoms with van der Waals surface area (Å²) in [6.45, 7) is 4.44. The molecule has 0 radical (unpaired) electrons. The molecule has 0 saturated carbocycles. The second kappa shape index (κ2) is 4.37. The number of amides is 3. The summed E-state index contributed by atoms with van der Waals surface area (Å²) in [5, 5.41) is 5.70. The highest BCUT2D eigenvalue weighted by Gasteiger charge is 2.39. The summed E-state index contributed by atoms with van der Waals surface area (Å²) in [5.74, 6) is -0.101. The maximum Gasteiger partial charge on any atom is 0.322 e. The molecule has 0 fully saturated rings. The highest BCUT2D eigenvalue weighted by atomic mass is 16.2. The van der Waals surface area contributed by atoms with Crippen LogP contribution in [0.25, 0.3) is 0 Å². The van der Waals surface area contributed by atoms with Crippen molar-refractivity contribution in [2.24, 2.45) is 0 Å². The molecule has 1 aromatic carbocycles. The van der Waals surface area contributed by atoms with Crippen molar-refractivity contribution in [3.8, 4) is 0 Å². The van der Waals surface area contributed by atoms with Gasteiger partial charge in [0.25, 0.3) is 5.91 Å². The summed E-state index contributed by atoms with van der Waals surface area (Å²) in [6, 6.07) is 5.56. The zero-order valence-electron chi connectivity index (χ0n) is 11.8. The topological polar surface area (TPSA) is 61.4 Å². The fraction of sp³-hybridized carbons (Fsp3) is 0.333. The molecule has 2 heterocycles. The molecule has 104 valence electrons. The number of nitrogens with one attached hydrogen (secondary N) is 2. The van der Waals surface area contributed by atoms with E-state index in [2.05, 4.69) is 16.7 Å². The Morgan fingerprint density at radius 1 is 1.15 bits per heavy atom. The van der Waals surface area contributed by atoms with E-state index in [0.29, 0.717) is 12.1 Å². The Hall–Kier alpha value is -2.30. The van der Waals surface area contributed by atoms with Crippen molar-refractivity contribution in [1.29, 1.82) is 0 Å². The molecule has 0 aliphatic carbocycles. The molecular formula is C15H17N3O2. The fourth-order valence-corrected chi connectivity index (χ4v) is 2.92. The van der Waals surface area contributed by atoms with E-state index in [4.69, 9.17) is 0 Å². The van der Waals surface area contributed by atoms with Crippen molar-refractivity contribution in [1.82, 2.24) is 15.5 Å². The predicted molar refractivity (Wildman–Crippen MR) is 75.0 cm³/mol. The van der Waals surface area contributed by atoms with Gasteiger partial charge in [0, 0.05) is 7.05 Å². The molecule has 0 bridgehead atoms. The van der Waals surface area contributed by atoms with Crippen LogP contribution in [0, 0.1) is 13.8 Å². The standard InChI is InChI=1S/C15H17N3O2/c1-8-4-9(2)6-10(5-8)13-12-11(7-16-14(12)19)18(3)15(20)17-13/h4-6,13H,7H2,1-3H3,(H,16,19)(H,17,20). The SMILES string of the molecule is Cc1cc(C)cc(C2NC(=O)N(C)C3=C2C(=O)NC3)c1. The van der Waals surface area contributed by atoms with Gasteiger partial charge in [-0.15, -0.1) is 0 Å². The average molecular weight is 271 g/mol. The van der Waals surface area contributed by atoms with E-state index < -0.39 is 0 Å². The molecule has 20 heavy (non-hydrogen) atoms. The normalized spacial score (nSPS) is 21.8. The Balaban J connectivity index is 2.12. The monoisotopic (exact) mass is 271 g/mol. The Morgan fingerprint density at radius 2 is 1.80 bits per heavy atom. The van der Waals surface area contributed by atoms with Crippen LogP contribution in [0.2, 0.25) is 0 Å². The molecule has 0 spiro atoms. The van der Waals surface area contributed by atoms with Crippen molar-refractivity contribution in [2.45, 2.75) is 19.9 Å². The predicted octanol–water partition coefficient (Wildman–Crippen LogP) is 1.38. The number of hydrogen-bond donors (Lipinski definition) is 2. The minimum Gasteiger partial charge on any atom is -0.347 e. The average Bonchev–Trinajstić information content (AvgIpc) is 2.75. The Kier molecular flexibility index (Phi) is 2.78.